The van der Waals surface area contributed by atoms with Gasteiger partial charge in [-0.25, -0.2) is 0 Å². The Hall–Kier alpha value is -3.65. The maximum absolute atomic E-state index is 12.9. The number of rotatable bonds is 7. The molecule has 0 saturated heterocycles. The molecule has 0 saturated carbocycles. The van der Waals surface area contributed by atoms with Crippen LogP contribution >= 0.6 is 11.8 Å². The molecule has 0 bridgehead atoms. The Labute approximate surface area is 189 Å². The Kier molecular flexibility index (Phi) is 5.36. The van der Waals surface area contributed by atoms with Crippen molar-refractivity contribution in [3.8, 4) is 11.4 Å². The van der Waals surface area contributed by atoms with Crippen LogP contribution in [0.2, 0.25) is 0 Å². The lowest BCUT2D eigenvalue weighted by Crippen LogP contribution is -2.20. The predicted molar refractivity (Wildman–Crippen MR) is 122 cm³/mol. The normalized spacial score (nSPS) is 12.9. The van der Waals surface area contributed by atoms with Crippen LogP contribution in [-0.2, 0) is 17.8 Å². The molecule has 0 unspecified atom stereocenters. The molecule has 2 aromatic heterocycles. The highest BCUT2D eigenvalue weighted by molar-refractivity contribution is 7.99. The number of fused-ring (bicyclic) bond motifs is 1. The number of benzene rings is 2. The summed E-state index contributed by atoms with van der Waals surface area (Å²) in [5.41, 5.74) is 3.29. The van der Waals surface area contributed by atoms with Gasteiger partial charge in [-0.05, 0) is 35.9 Å². The summed E-state index contributed by atoms with van der Waals surface area (Å²) in [4.78, 5) is 26.4. The minimum atomic E-state index is -0.0198. The summed E-state index contributed by atoms with van der Waals surface area (Å²) in [6, 6.07) is 19.0. The van der Waals surface area contributed by atoms with E-state index in [1.165, 1.54) is 11.8 Å². The third-order valence-corrected chi connectivity index (χ3v) is 6.42. The second kappa shape index (κ2) is 8.47. The number of hydrogen-bond donors (Lipinski definition) is 0. The van der Waals surface area contributed by atoms with Crippen molar-refractivity contribution in [2.75, 3.05) is 17.7 Å². The van der Waals surface area contributed by atoms with Gasteiger partial charge in [-0.15, -0.1) is 10.2 Å². The summed E-state index contributed by atoms with van der Waals surface area (Å²) in [5, 5.41) is 9.37. The first-order valence-corrected chi connectivity index (χ1v) is 11.1. The van der Waals surface area contributed by atoms with Crippen LogP contribution in [0.4, 0.5) is 5.69 Å². The summed E-state index contributed by atoms with van der Waals surface area (Å²) >= 11 is 1.34. The maximum Gasteiger partial charge on any atom is 0.231 e. The van der Waals surface area contributed by atoms with E-state index in [2.05, 4.69) is 10.2 Å². The lowest BCUT2D eigenvalue weighted by molar-refractivity contribution is -0.117. The molecule has 5 rings (SSSR count). The molecule has 0 aliphatic carbocycles. The molecule has 8 heteroatoms. The van der Waals surface area contributed by atoms with Crippen molar-refractivity contribution in [3.05, 3.63) is 83.8 Å². The van der Waals surface area contributed by atoms with Crippen LogP contribution in [0.5, 0.6) is 0 Å². The number of aromatic nitrogens is 3. The largest absolute Gasteiger partial charge is 0.467 e. The molecule has 0 spiro atoms. The van der Waals surface area contributed by atoms with Crippen LogP contribution in [-0.4, -0.2) is 39.3 Å². The second-order valence-corrected chi connectivity index (χ2v) is 8.47. The monoisotopic (exact) mass is 444 g/mol. The highest BCUT2D eigenvalue weighted by Crippen LogP contribution is 2.30. The van der Waals surface area contributed by atoms with Gasteiger partial charge in [-0.1, -0.05) is 42.1 Å². The number of hydrogen-bond acceptors (Lipinski definition) is 6. The zero-order chi connectivity index (χ0) is 22.1. The van der Waals surface area contributed by atoms with Crippen molar-refractivity contribution in [2.45, 2.75) is 18.1 Å². The number of carbonyl (C=O) groups excluding carboxylic acids is 2. The predicted octanol–water partition coefficient (Wildman–Crippen LogP) is 4.08. The first kappa shape index (κ1) is 20.3. The molecule has 7 nitrogen and oxygen atoms in total. The quantitative estimate of drug-likeness (QED) is 0.316. The summed E-state index contributed by atoms with van der Waals surface area (Å²) in [6.45, 7) is 0.466. The van der Waals surface area contributed by atoms with Crippen molar-refractivity contribution >= 4 is 29.1 Å². The molecule has 3 heterocycles. The standard InChI is InChI=1S/C24H20N4O3S/c1-27-20-10-9-17(12-18(20)13-22(27)30)21(29)15-32-24-26-25-23(16-6-3-2-4-7-16)28(24)14-19-8-5-11-31-19/h2-12H,13-15H2,1H3. The van der Waals surface area contributed by atoms with Gasteiger partial charge >= 0.3 is 0 Å². The van der Waals surface area contributed by atoms with Gasteiger partial charge in [0.15, 0.2) is 16.8 Å². The van der Waals surface area contributed by atoms with E-state index in [1.807, 2.05) is 59.2 Å². The summed E-state index contributed by atoms with van der Waals surface area (Å²) in [5.74, 6) is 1.74. The molecule has 4 aromatic rings. The van der Waals surface area contributed by atoms with Gasteiger partial charge < -0.3 is 9.32 Å². The van der Waals surface area contributed by atoms with Crippen molar-refractivity contribution in [1.29, 1.82) is 0 Å². The van der Waals surface area contributed by atoms with E-state index in [-0.39, 0.29) is 17.4 Å². The molecule has 1 aliphatic rings. The fourth-order valence-electron chi connectivity index (χ4n) is 3.75. The van der Waals surface area contributed by atoms with Gasteiger partial charge in [0.25, 0.3) is 0 Å². The average Bonchev–Trinajstić information content (AvgIpc) is 3.53. The van der Waals surface area contributed by atoms with E-state index in [9.17, 15) is 9.59 Å². The SMILES string of the molecule is CN1C(=O)Cc2cc(C(=O)CSc3nnc(-c4ccccc4)n3Cc3ccco3)ccc21. The van der Waals surface area contributed by atoms with Crippen LogP contribution in [0.15, 0.2) is 76.5 Å². The summed E-state index contributed by atoms with van der Waals surface area (Å²) in [7, 11) is 1.75. The van der Waals surface area contributed by atoms with Crippen LogP contribution in [0.3, 0.4) is 0 Å². The molecule has 0 radical (unpaired) electrons. The van der Waals surface area contributed by atoms with Gasteiger partial charge in [0.05, 0.1) is 25.0 Å². The molecular formula is C24H20N4O3S. The first-order valence-electron chi connectivity index (χ1n) is 10.2. The molecule has 0 fully saturated rings. The molecule has 1 aliphatic heterocycles. The topological polar surface area (TPSA) is 81.2 Å². The summed E-state index contributed by atoms with van der Waals surface area (Å²) in [6.07, 6.45) is 1.96. The summed E-state index contributed by atoms with van der Waals surface area (Å²) < 4.78 is 7.48. The highest BCUT2D eigenvalue weighted by Gasteiger charge is 2.25. The van der Waals surface area contributed by atoms with Gasteiger partial charge in [0, 0.05) is 23.9 Å². The Morgan fingerprint density at radius 3 is 2.72 bits per heavy atom. The van der Waals surface area contributed by atoms with Crippen LogP contribution in [0, 0.1) is 0 Å². The number of nitrogens with zero attached hydrogens (tertiary/aromatic N) is 4. The number of amides is 1. The highest BCUT2D eigenvalue weighted by atomic mass is 32.2. The lowest BCUT2D eigenvalue weighted by Gasteiger charge is -2.10. The van der Waals surface area contributed by atoms with Crippen LogP contribution in [0.25, 0.3) is 11.4 Å². The first-order chi connectivity index (χ1) is 15.6. The van der Waals surface area contributed by atoms with E-state index in [1.54, 1.807) is 24.3 Å². The van der Waals surface area contributed by atoms with E-state index in [0.29, 0.717) is 23.7 Å². The fraction of sp³-hybridized carbons (Fsp3) is 0.167. The van der Waals surface area contributed by atoms with E-state index in [0.717, 1.165) is 28.4 Å². The van der Waals surface area contributed by atoms with Gasteiger partial charge in [-0.3, -0.25) is 14.2 Å². The number of Topliss-reactive ketones (excluding diaryl/α,β-unsaturated/α-hetero) is 1. The Bertz CT molecular complexity index is 1280. The fourth-order valence-corrected chi connectivity index (χ4v) is 4.59. The van der Waals surface area contributed by atoms with Crippen molar-refractivity contribution < 1.29 is 14.0 Å². The zero-order valence-corrected chi connectivity index (χ0v) is 18.2. The molecule has 160 valence electrons. The molecule has 32 heavy (non-hydrogen) atoms. The van der Waals surface area contributed by atoms with Gasteiger partial charge in [0.2, 0.25) is 5.91 Å². The Morgan fingerprint density at radius 1 is 1.09 bits per heavy atom. The molecular weight excluding hydrogens is 424 g/mol. The average molecular weight is 445 g/mol. The van der Waals surface area contributed by atoms with Gasteiger partial charge in [-0.2, -0.15) is 0 Å². The van der Waals surface area contributed by atoms with Crippen molar-refractivity contribution in [3.63, 3.8) is 0 Å². The van der Waals surface area contributed by atoms with E-state index >= 15 is 0 Å². The third-order valence-electron chi connectivity index (χ3n) is 5.45. The number of ketones is 1. The Morgan fingerprint density at radius 2 is 1.94 bits per heavy atom. The number of anilines is 1. The van der Waals surface area contributed by atoms with E-state index < -0.39 is 0 Å². The van der Waals surface area contributed by atoms with E-state index in [4.69, 9.17) is 4.42 Å². The van der Waals surface area contributed by atoms with Crippen LogP contribution < -0.4 is 4.90 Å². The van der Waals surface area contributed by atoms with Gasteiger partial charge in [0.1, 0.15) is 5.76 Å². The molecule has 0 N–H and O–H groups in total. The van der Waals surface area contributed by atoms with Crippen molar-refractivity contribution in [1.82, 2.24) is 14.8 Å². The second-order valence-electron chi connectivity index (χ2n) is 7.52. The lowest BCUT2D eigenvalue weighted by atomic mass is 10.1. The number of carbonyl (C=O) groups is 2. The Balaban J connectivity index is 1.37. The van der Waals surface area contributed by atoms with Crippen LogP contribution in [0.1, 0.15) is 21.7 Å². The smallest absolute Gasteiger partial charge is 0.231 e. The number of thioether (sulfide) groups is 1. The number of likely N-dealkylation sites (N-methyl/N-ethyl adjacent to an activating group) is 1. The zero-order valence-electron chi connectivity index (χ0n) is 17.4. The minimum Gasteiger partial charge on any atom is -0.467 e. The minimum absolute atomic E-state index is 0.0198. The molecule has 0 atom stereocenters. The molecule has 2 aromatic carbocycles. The molecule has 1 amide bonds. The van der Waals surface area contributed by atoms with Crippen molar-refractivity contribution in [2.24, 2.45) is 0 Å². The number of furan rings is 1. The maximum atomic E-state index is 12.9. The third kappa shape index (κ3) is 3.85.